The summed E-state index contributed by atoms with van der Waals surface area (Å²) in [5.74, 6) is 6.58. The van der Waals surface area contributed by atoms with Crippen LogP contribution in [0.2, 0.25) is 0 Å². The van der Waals surface area contributed by atoms with E-state index >= 15 is 0 Å². The Labute approximate surface area is 146 Å². The first-order valence-electron chi connectivity index (χ1n) is 7.98. The normalized spacial score (nSPS) is 10.3. The third kappa shape index (κ3) is 4.11. The van der Waals surface area contributed by atoms with Crippen LogP contribution < -0.4 is 5.32 Å². The largest absolute Gasteiger partial charge is 0.380 e. The van der Waals surface area contributed by atoms with Crippen molar-refractivity contribution in [2.45, 2.75) is 13.0 Å². The van der Waals surface area contributed by atoms with Crippen LogP contribution in [0.1, 0.15) is 17.5 Å². The molecule has 3 aromatic rings. The number of para-hydroxylation sites is 1. The highest BCUT2D eigenvalue weighted by atomic mass is 19.1. The Morgan fingerprint density at radius 3 is 2.88 bits per heavy atom. The molecule has 1 heterocycles. The molecule has 0 bridgehead atoms. The van der Waals surface area contributed by atoms with Gasteiger partial charge in [-0.05, 0) is 23.8 Å². The van der Waals surface area contributed by atoms with Gasteiger partial charge < -0.3 is 10.1 Å². The second kappa shape index (κ2) is 8.22. The minimum absolute atomic E-state index is 0.319. The monoisotopic (exact) mass is 335 g/mol. The SMILES string of the molecule is COCc1ccccc1C#CCCNc1ncnc2c(F)cccc12. The molecule has 126 valence electrons. The van der Waals surface area contributed by atoms with Gasteiger partial charge in [-0.2, -0.15) is 0 Å². The second-order valence-corrected chi connectivity index (χ2v) is 5.43. The molecule has 0 saturated heterocycles. The number of rotatable bonds is 5. The van der Waals surface area contributed by atoms with Crippen LogP contribution in [0.4, 0.5) is 10.2 Å². The number of aromatic nitrogens is 2. The maximum atomic E-state index is 13.7. The van der Waals surface area contributed by atoms with E-state index in [9.17, 15) is 4.39 Å². The minimum atomic E-state index is -0.350. The van der Waals surface area contributed by atoms with Crippen molar-refractivity contribution in [3.63, 3.8) is 0 Å². The number of hydrogen-bond donors (Lipinski definition) is 1. The first kappa shape index (κ1) is 16.9. The van der Waals surface area contributed by atoms with E-state index in [2.05, 4.69) is 27.1 Å². The molecule has 0 saturated carbocycles. The van der Waals surface area contributed by atoms with Crippen molar-refractivity contribution in [2.75, 3.05) is 19.0 Å². The molecule has 3 rings (SSSR count). The maximum absolute atomic E-state index is 13.7. The molecule has 0 aliphatic carbocycles. The fraction of sp³-hybridized carbons (Fsp3) is 0.200. The third-order valence-corrected chi connectivity index (χ3v) is 3.70. The Kier molecular flexibility index (Phi) is 5.55. The zero-order chi connectivity index (χ0) is 17.5. The summed E-state index contributed by atoms with van der Waals surface area (Å²) in [5, 5.41) is 3.86. The molecule has 0 fully saturated rings. The summed E-state index contributed by atoms with van der Waals surface area (Å²) < 4.78 is 18.9. The van der Waals surface area contributed by atoms with Gasteiger partial charge in [0.25, 0.3) is 0 Å². The van der Waals surface area contributed by atoms with Crippen LogP contribution in [-0.2, 0) is 11.3 Å². The predicted octanol–water partition coefficient (Wildman–Crippen LogP) is 3.77. The van der Waals surface area contributed by atoms with Crippen molar-refractivity contribution in [2.24, 2.45) is 0 Å². The smallest absolute Gasteiger partial charge is 0.149 e. The molecule has 0 aliphatic heterocycles. The van der Waals surface area contributed by atoms with Crippen LogP contribution in [0.5, 0.6) is 0 Å². The van der Waals surface area contributed by atoms with Crippen molar-refractivity contribution in [1.29, 1.82) is 0 Å². The summed E-state index contributed by atoms with van der Waals surface area (Å²) in [6.07, 6.45) is 2.00. The zero-order valence-corrected chi connectivity index (χ0v) is 13.9. The van der Waals surface area contributed by atoms with Gasteiger partial charge in [-0.1, -0.05) is 36.1 Å². The van der Waals surface area contributed by atoms with Gasteiger partial charge in [0.2, 0.25) is 0 Å². The Balaban J connectivity index is 1.65. The van der Waals surface area contributed by atoms with Crippen molar-refractivity contribution in [3.05, 3.63) is 65.7 Å². The van der Waals surface area contributed by atoms with Crippen LogP contribution >= 0.6 is 0 Å². The lowest BCUT2D eigenvalue weighted by atomic mass is 10.1. The van der Waals surface area contributed by atoms with E-state index in [0.717, 1.165) is 11.1 Å². The number of nitrogens with zero attached hydrogens (tertiary/aromatic N) is 2. The fourth-order valence-corrected chi connectivity index (χ4v) is 2.52. The highest BCUT2D eigenvalue weighted by Crippen LogP contribution is 2.20. The van der Waals surface area contributed by atoms with Crippen LogP contribution in [0, 0.1) is 17.7 Å². The Hall–Kier alpha value is -2.97. The molecular formula is C20H18FN3O. The van der Waals surface area contributed by atoms with Crippen LogP contribution in [0.3, 0.4) is 0 Å². The standard InChI is InChI=1S/C20H18FN3O/c1-25-13-16-9-3-2-7-15(16)8-4-5-12-22-20-17-10-6-11-18(21)19(17)23-14-24-20/h2-3,6-7,9-11,14H,5,12-13H2,1H3,(H,22,23,24). The highest BCUT2D eigenvalue weighted by molar-refractivity contribution is 5.89. The number of halogens is 1. The molecule has 1 N–H and O–H groups in total. The highest BCUT2D eigenvalue weighted by Gasteiger charge is 2.06. The number of ether oxygens (including phenoxy) is 1. The van der Waals surface area contributed by atoms with Gasteiger partial charge in [0.05, 0.1) is 6.61 Å². The number of fused-ring (bicyclic) bond motifs is 1. The molecule has 5 heteroatoms. The molecule has 2 aromatic carbocycles. The first-order chi connectivity index (χ1) is 12.3. The van der Waals surface area contributed by atoms with E-state index in [1.165, 1.54) is 12.4 Å². The average molecular weight is 335 g/mol. The van der Waals surface area contributed by atoms with Gasteiger partial charge in [-0.25, -0.2) is 14.4 Å². The second-order valence-electron chi connectivity index (χ2n) is 5.43. The first-order valence-corrected chi connectivity index (χ1v) is 7.98. The summed E-state index contributed by atoms with van der Waals surface area (Å²) in [6.45, 7) is 1.16. The number of nitrogens with one attached hydrogen (secondary N) is 1. The lowest BCUT2D eigenvalue weighted by Crippen LogP contribution is -2.04. The maximum Gasteiger partial charge on any atom is 0.149 e. The topological polar surface area (TPSA) is 47.0 Å². The molecule has 1 aromatic heterocycles. The molecule has 4 nitrogen and oxygen atoms in total. The predicted molar refractivity (Wildman–Crippen MR) is 96.6 cm³/mol. The Morgan fingerprint density at radius 2 is 2.00 bits per heavy atom. The quantitative estimate of drug-likeness (QED) is 0.569. The van der Waals surface area contributed by atoms with Crippen LogP contribution in [0.25, 0.3) is 10.9 Å². The summed E-state index contributed by atoms with van der Waals surface area (Å²) in [7, 11) is 1.67. The third-order valence-electron chi connectivity index (χ3n) is 3.70. The number of anilines is 1. The lowest BCUT2D eigenvalue weighted by Gasteiger charge is -2.06. The summed E-state index contributed by atoms with van der Waals surface area (Å²) >= 11 is 0. The molecule has 0 aliphatic rings. The molecule has 0 spiro atoms. The summed E-state index contributed by atoms with van der Waals surface area (Å²) in [5.41, 5.74) is 2.36. The van der Waals surface area contributed by atoms with Crippen molar-refractivity contribution in [3.8, 4) is 11.8 Å². The molecule has 0 unspecified atom stereocenters. The zero-order valence-electron chi connectivity index (χ0n) is 13.9. The van der Waals surface area contributed by atoms with E-state index in [0.29, 0.717) is 36.3 Å². The molecule has 0 amide bonds. The van der Waals surface area contributed by atoms with E-state index in [1.807, 2.05) is 24.3 Å². The van der Waals surface area contributed by atoms with Crippen LogP contribution in [-0.4, -0.2) is 23.6 Å². The van der Waals surface area contributed by atoms with Gasteiger partial charge in [-0.15, -0.1) is 0 Å². The molecular weight excluding hydrogens is 317 g/mol. The number of benzene rings is 2. The Morgan fingerprint density at radius 1 is 1.12 bits per heavy atom. The van der Waals surface area contributed by atoms with Crippen LogP contribution in [0.15, 0.2) is 48.8 Å². The average Bonchev–Trinajstić information content (AvgIpc) is 2.64. The molecule has 0 atom stereocenters. The molecule has 25 heavy (non-hydrogen) atoms. The van der Waals surface area contributed by atoms with E-state index in [4.69, 9.17) is 4.74 Å². The molecule has 0 radical (unpaired) electrons. The number of methoxy groups -OCH3 is 1. The van der Waals surface area contributed by atoms with Gasteiger partial charge in [0.1, 0.15) is 23.5 Å². The van der Waals surface area contributed by atoms with E-state index < -0.39 is 0 Å². The minimum Gasteiger partial charge on any atom is -0.380 e. The lowest BCUT2D eigenvalue weighted by molar-refractivity contribution is 0.184. The van der Waals surface area contributed by atoms with Crippen molar-refractivity contribution in [1.82, 2.24) is 9.97 Å². The van der Waals surface area contributed by atoms with Gasteiger partial charge in [0, 0.05) is 31.0 Å². The van der Waals surface area contributed by atoms with Gasteiger partial charge in [0.15, 0.2) is 0 Å². The van der Waals surface area contributed by atoms with E-state index in [1.54, 1.807) is 19.2 Å². The summed E-state index contributed by atoms with van der Waals surface area (Å²) in [4.78, 5) is 8.18. The van der Waals surface area contributed by atoms with E-state index in [-0.39, 0.29) is 5.82 Å². The van der Waals surface area contributed by atoms with Crippen molar-refractivity contribution >= 4 is 16.7 Å². The van der Waals surface area contributed by atoms with Gasteiger partial charge >= 0.3 is 0 Å². The van der Waals surface area contributed by atoms with Gasteiger partial charge in [-0.3, -0.25) is 0 Å². The Bertz CT molecular complexity index is 931. The number of hydrogen-bond acceptors (Lipinski definition) is 4. The summed E-state index contributed by atoms with van der Waals surface area (Å²) in [6, 6.07) is 12.8. The van der Waals surface area contributed by atoms with Crippen molar-refractivity contribution < 1.29 is 9.13 Å². The fourth-order valence-electron chi connectivity index (χ4n) is 2.52.